The summed E-state index contributed by atoms with van der Waals surface area (Å²) in [7, 11) is 1.57. The summed E-state index contributed by atoms with van der Waals surface area (Å²) in [5.41, 5.74) is 0.393. The van der Waals surface area contributed by atoms with Crippen molar-refractivity contribution in [3.8, 4) is 5.75 Å². The van der Waals surface area contributed by atoms with Crippen molar-refractivity contribution >= 4 is 17.5 Å². The first-order chi connectivity index (χ1) is 13.3. The number of amides is 2. The van der Waals surface area contributed by atoms with E-state index in [0.717, 1.165) is 17.7 Å². The van der Waals surface area contributed by atoms with Gasteiger partial charge in [-0.15, -0.1) is 0 Å². The molecule has 1 atom stereocenters. The van der Waals surface area contributed by atoms with Gasteiger partial charge in [0.2, 0.25) is 11.8 Å². The van der Waals surface area contributed by atoms with Crippen LogP contribution in [0, 0.1) is 5.92 Å². The molecule has 1 heterocycles. The Morgan fingerprint density at radius 2 is 1.79 bits per heavy atom. The molecule has 0 aliphatic carbocycles. The van der Waals surface area contributed by atoms with Gasteiger partial charge in [-0.25, -0.2) is 0 Å². The van der Waals surface area contributed by atoms with Crippen LogP contribution in [0.3, 0.4) is 0 Å². The maximum Gasteiger partial charge on any atom is 0.416 e. The van der Waals surface area contributed by atoms with E-state index >= 15 is 0 Å². The van der Waals surface area contributed by atoms with Gasteiger partial charge in [-0.1, -0.05) is 12.1 Å². The zero-order valence-corrected chi connectivity index (χ0v) is 15.1. The van der Waals surface area contributed by atoms with Gasteiger partial charge in [0.25, 0.3) is 0 Å². The lowest BCUT2D eigenvalue weighted by Crippen LogP contribution is -2.28. The molecule has 2 aromatic rings. The Morgan fingerprint density at radius 1 is 1.14 bits per heavy atom. The smallest absolute Gasteiger partial charge is 0.416 e. The van der Waals surface area contributed by atoms with E-state index in [1.807, 2.05) is 12.1 Å². The zero-order chi connectivity index (χ0) is 20.3. The molecule has 0 aromatic heterocycles. The van der Waals surface area contributed by atoms with Crippen molar-refractivity contribution in [3.05, 3.63) is 59.7 Å². The molecular formula is C20H19F3N2O3. The normalized spacial score (nSPS) is 16.9. The number of hydrogen-bond acceptors (Lipinski definition) is 3. The summed E-state index contributed by atoms with van der Waals surface area (Å²) in [5.74, 6) is -0.355. The van der Waals surface area contributed by atoms with Gasteiger partial charge in [-0.05, 0) is 42.0 Å². The molecule has 0 bridgehead atoms. The minimum absolute atomic E-state index is 0.0720. The fraction of sp³-hybridized carbons (Fsp3) is 0.300. The maximum atomic E-state index is 12.6. The van der Waals surface area contributed by atoms with Crippen LogP contribution in [0.4, 0.5) is 18.9 Å². The molecule has 8 heteroatoms. The van der Waals surface area contributed by atoms with Crippen molar-refractivity contribution in [1.29, 1.82) is 0 Å². The lowest BCUT2D eigenvalue weighted by Gasteiger charge is -2.17. The van der Waals surface area contributed by atoms with Crippen molar-refractivity contribution in [2.75, 3.05) is 19.0 Å². The van der Waals surface area contributed by atoms with Crippen LogP contribution in [-0.4, -0.2) is 30.4 Å². The average Bonchev–Trinajstić information content (AvgIpc) is 3.03. The number of nitrogens with zero attached hydrogens (tertiary/aromatic N) is 1. The first-order valence-electron chi connectivity index (χ1n) is 8.65. The average molecular weight is 392 g/mol. The minimum atomic E-state index is -4.43. The van der Waals surface area contributed by atoms with Crippen LogP contribution in [-0.2, 0) is 22.3 Å². The summed E-state index contributed by atoms with van der Waals surface area (Å²) < 4.78 is 42.9. The van der Waals surface area contributed by atoms with Gasteiger partial charge in [0.1, 0.15) is 5.75 Å². The molecule has 0 radical (unpaired) electrons. The van der Waals surface area contributed by atoms with Gasteiger partial charge >= 0.3 is 6.18 Å². The van der Waals surface area contributed by atoms with Crippen molar-refractivity contribution in [2.45, 2.75) is 19.1 Å². The molecule has 0 saturated carbocycles. The highest BCUT2D eigenvalue weighted by atomic mass is 19.4. The molecule has 1 saturated heterocycles. The van der Waals surface area contributed by atoms with Gasteiger partial charge in [0.15, 0.2) is 0 Å². The third kappa shape index (κ3) is 4.62. The number of halogens is 3. The quantitative estimate of drug-likeness (QED) is 0.844. The summed E-state index contributed by atoms with van der Waals surface area (Å²) in [6.45, 7) is 0.643. The van der Waals surface area contributed by atoms with Crippen LogP contribution in [0.15, 0.2) is 48.5 Å². The van der Waals surface area contributed by atoms with E-state index in [2.05, 4.69) is 5.32 Å². The Morgan fingerprint density at radius 3 is 2.36 bits per heavy atom. The third-order valence-electron chi connectivity index (χ3n) is 4.60. The number of hydrogen-bond donors (Lipinski definition) is 1. The summed E-state index contributed by atoms with van der Waals surface area (Å²) in [4.78, 5) is 26.2. The van der Waals surface area contributed by atoms with Crippen LogP contribution in [0.25, 0.3) is 0 Å². The summed E-state index contributed by atoms with van der Waals surface area (Å²) in [6.07, 6.45) is -4.36. The Hall–Kier alpha value is -3.03. The van der Waals surface area contributed by atoms with E-state index < -0.39 is 17.7 Å². The molecule has 1 unspecified atom stereocenters. The monoisotopic (exact) mass is 392 g/mol. The van der Waals surface area contributed by atoms with E-state index in [1.54, 1.807) is 24.1 Å². The number of benzene rings is 2. The topological polar surface area (TPSA) is 58.6 Å². The fourth-order valence-corrected chi connectivity index (χ4v) is 3.04. The molecule has 1 aliphatic heterocycles. The molecule has 28 heavy (non-hydrogen) atoms. The number of ether oxygens (including phenoxy) is 1. The summed E-state index contributed by atoms with van der Waals surface area (Å²) in [5, 5.41) is 2.58. The van der Waals surface area contributed by atoms with Crippen molar-refractivity contribution < 1.29 is 27.5 Å². The van der Waals surface area contributed by atoms with Crippen molar-refractivity contribution in [2.24, 2.45) is 5.92 Å². The second-order valence-corrected chi connectivity index (χ2v) is 6.59. The van der Waals surface area contributed by atoms with E-state index in [1.165, 1.54) is 12.1 Å². The highest BCUT2D eigenvalue weighted by Gasteiger charge is 2.34. The first-order valence-corrected chi connectivity index (χ1v) is 8.65. The van der Waals surface area contributed by atoms with Crippen molar-refractivity contribution in [3.63, 3.8) is 0 Å². The van der Waals surface area contributed by atoms with Crippen LogP contribution in [0.2, 0.25) is 0 Å². The SMILES string of the molecule is COc1ccc(CN2CC(C(=O)Nc3ccc(C(F)(F)F)cc3)CC2=O)cc1. The lowest BCUT2D eigenvalue weighted by atomic mass is 10.1. The summed E-state index contributed by atoms with van der Waals surface area (Å²) in [6, 6.07) is 11.5. The molecule has 2 aromatic carbocycles. The number of likely N-dealkylation sites (tertiary alicyclic amines) is 1. The Kier molecular flexibility index (Phi) is 5.58. The molecule has 5 nitrogen and oxygen atoms in total. The predicted octanol–water partition coefficient (Wildman–Crippen LogP) is 3.70. The number of carbonyl (C=O) groups excluding carboxylic acids is 2. The molecule has 2 amide bonds. The van der Waals surface area contributed by atoms with Gasteiger partial charge in [-0.2, -0.15) is 13.2 Å². The first kappa shape index (κ1) is 19.7. The van der Waals surface area contributed by atoms with E-state index in [9.17, 15) is 22.8 Å². The Labute approximate surface area is 160 Å². The second kappa shape index (κ2) is 7.92. The minimum Gasteiger partial charge on any atom is -0.497 e. The molecule has 148 valence electrons. The third-order valence-corrected chi connectivity index (χ3v) is 4.60. The van der Waals surface area contributed by atoms with Crippen LogP contribution < -0.4 is 10.1 Å². The number of rotatable bonds is 5. The molecule has 0 spiro atoms. The molecule has 1 N–H and O–H groups in total. The number of alkyl halides is 3. The second-order valence-electron chi connectivity index (χ2n) is 6.59. The predicted molar refractivity (Wildman–Crippen MR) is 96.6 cm³/mol. The summed E-state index contributed by atoms with van der Waals surface area (Å²) >= 11 is 0. The fourth-order valence-electron chi connectivity index (χ4n) is 3.04. The van der Waals surface area contributed by atoms with Gasteiger partial charge < -0.3 is 15.0 Å². The van der Waals surface area contributed by atoms with E-state index in [-0.39, 0.29) is 30.5 Å². The number of nitrogens with one attached hydrogen (secondary N) is 1. The zero-order valence-electron chi connectivity index (χ0n) is 15.1. The highest BCUT2D eigenvalue weighted by molar-refractivity contribution is 5.97. The van der Waals surface area contributed by atoms with Gasteiger partial charge in [-0.3, -0.25) is 9.59 Å². The molecular weight excluding hydrogens is 373 g/mol. The number of methoxy groups -OCH3 is 1. The maximum absolute atomic E-state index is 12.6. The van der Waals surface area contributed by atoms with Gasteiger partial charge in [0, 0.05) is 25.2 Å². The molecule has 1 aliphatic rings. The number of anilines is 1. The molecule has 1 fully saturated rings. The molecule has 3 rings (SSSR count). The van der Waals surface area contributed by atoms with E-state index in [0.29, 0.717) is 12.3 Å². The number of carbonyl (C=O) groups is 2. The van der Waals surface area contributed by atoms with E-state index in [4.69, 9.17) is 4.74 Å². The highest BCUT2D eigenvalue weighted by Crippen LogP contribution is 2.30. The van der Waals surface area contributed by atoms with Crippen LogP contribution in [0.1, 0.15) is 17.5 Å². The lowest BCUT2D eigenvalue weighted by molar-refractivity contribution is -0.137. The Bertz CT molecular complexity index is 848. The standard InChI is InChI=1S/C20H19F3N2O3/c1-28-17-8-2-13(3-9-17)11-25-12-14(10-18(25)26)19(27)24-16-6-4-15(5-7-16)20(21,22)23/h2-9,14H,10-12H2,1H3,(H,24,27). The van der Waals surface area contributed by atoms with Crippen LogP contribution in [0.5, 0.6) is 5.75 Å². The van der Waals surface area contributed by atoms with Crippen molar-refractivity contribution in [1.82, 2.24) is 4.90 Å². The van der Waals surface area contributed by atoms with Gasteiger partial charge in [0.05, 0.1) is 18.6 Å². The Balaban J connectivity index is 1.58. The largest absolute Gasteiger partial charge is 0.497 e. The van der Waals surface area contributed by atoms with Crippen LogP contribution >= 0.6 is 0 Å².